The van der Waals surface area contributed by atoms with Crippen LogP contribution in [0.3, 0.4) is 0 Å². The van der Waals surface area contributed by atoms with Crippen molar-refractivity contribution >= 4 is 29.9 Å². The van der Waals surface area contributed by atoms with Crippen LogP contribution in [-0.4, -0.2) is 56.8 Å². The third-order valence-electron chi connectivity index (χ3n) is 3.58. The highest BCUT2D eigenvalue weighted by atomic mass is 127. The fourth-order valence-electron chi connectivity index (χ4n) is 2.36. The molecule has 21 heavy (non-hydrogen) atoms. The maximum Gasteiger partial charge on any atom is 0.188 e. The summed E-state index contributed by atoms with van der Waals surface area (Å²) >= 11 is 0. The molecule has 1 atom stereocenters. The topological polar surface area (TPSA) is 62.9 Å². The Morgan fingerprint density at radius 2 is 2.00 bits per heavy atom. The van der Waals surface area contributed by atoms with Crippen LogP contribution in [0.5, 0.6) is 0 Å². The zero-order chi connectivity index (χ0) is 14.6. The summed E-state index contributed by atoms with van der Waals surface area (Å²) in [5.41, 5.74) is 5.88. The van der Waals surface area contributed by atoms with Crippen molar-refractivity contribution in [1.82, 2.24) is 10.2 Å². The molecule has 0 aromatic carbocycles. The van der Waals surface area contributed by atoms with Crippen molar-refractivity contribution in [1.29, 1.82) is 0 Å². The Kier molecular flexibility index (Phi) is 13.5. The van der Waals surface area contributed by atoms with Crippen LogP contribution in [-0.2, 0) is 4.74 Å². The van der Waals surface area contributed by atoms with Gasteiger partial charge in [0.1, 0.15) is 0 Å². The van der Waals surface area contributed by atoms with E-state index in [0.29, 0.717) is 11.9 Å². The summed E-state index contributed by atoms with van der Waals surface area (Å²) in [7, 11) is 0. The molecule has 5 nitrogen and oxygen atoms in total. The third kappa shape index (κ3) is 11.2. The summed E-state index contributed by atoms with van der Waals surface area (Å²) in [5.74, 6) is 1.13. The molecule has 0 aliphatic carbocycles. The molecule has 1 fully saturated rings. The molecule has 6 heteroatoms. The number of halogens is 1. The lowest BCUT2D eigenvalue weighted by Gasteiger charge is -2.28. The number of morpholine rings is 1. The minimum atomic E-state index is 0. The van der Waals surface area contributed by atoms with Gasteiger partial charge in [0.25, 0.3) is 0 Å². The Morgan fingerprint density at radius 3 is 2.67 bits per heavy atom. The molecule has 0 aromatic rings. The molecule has 0 spiro atoms. The molecule has 1 unspecified atom stereocenters. The lowest BCUT2D eigenvalue weighted by Crippen LogP contribution is -2.39. The van der Waals surface area contributed by atoms with Gasteiger partial charge in [-0.25, -0.2) is 0 Å². The first-order chi connectivity index (χ1) is 9.72. The van der Waals surface area contributed by atoms with Crippen LogP contribution in [0.25, 0.3) is 0 Å². The quantitative estimate of drug-likeness (QED) is 0.263. The first kappa shape index (κ1) is 20.9. The van der Waals surface area contributed by atoms with Gasteiger partial charge in [0.15, 0.2) is 5.96 Å². The number of nitrogens with zero attached hydrogens (tertiary/aromatic N) is 2. The first-order valence-corrected chi connectivity index (χ1v) is 8.06. The maximum atomic E-state index is 5.88. The fraction of sp³-hybridized carbons (Fsp3) is 0.933. The van der Waals surface area contributed by atoms with Crippen LogP contribution < -0.4 is 11.1 Å². The van der Waals surface area contributed by atoms with E-state index < -0.39 is 0 Å². The van der Waals surface area contributed by atoms with Crippen molar-refractivity contribution in [3.63, 3.8) is 0 Å². The van der Waals surface area contributed by atoms with Crippen LogP contribution in [0.1, 0.15) is 39.5 Å². The molecular formula is C15H33IN4O. The van der Waals surface area contributed by atoms with Crippen molar-refractivity contribution in [3.8, 4) is 0 Å². The summed E-state index contributed by atoms with van der Waals surface area (Å²) in [4.78, 5) is 6.88. The number of rotatable bonds is 9. The van der Waals surface area contributed by atoms with Gasteiger partial charge in [-0.15, -0.1) is 24.0 Å². The molecule has 1 rings (SSSR count). The minimum absolute atomic E-state index is 0. The SMILES string of the molecule is CCCCCCNC(N)=NCC(C)CN1CCOCC1.I. The van der Waals surface area contributed by atoms with Crippen molar-refractivity contribution < 1.29 is 4.74 Å². The number of unbranched alkanes of at least 4 members (excludes halogenated alkanes) is 3. The number of nitrogens with two attached hydrogens (primary N) is 1. The lowest BCUT2D eigenvalue weighted by molar-refractivity contribution is 0.0323. The molecule has 126 valence electrons. The molecule has 1 aliphatic rings. The van der Waals surface area contributed by atoms with E-state index >= 15 is 0 Å². The van der Waals surface area contributed by atoms with Crippen LogP contribution in [0.15, 0.2) is 4.99 Å². The Balaban J connectivity index is 0.00000400. The Bertz CT molecular complexity index is 270. The van der Waals surface area contributed by atoms with Crippen LogP contribution in [0.2, 0.25) is 0 Å². The molecule has 0 amide bonds. The van der Waals surface area contributed by atoms with Crippen LogP contribution in [0, 0.1) is 5.92 Å². The zero-order valence-electron chi connectivity index (χ0n) is 13.6. The van der Waals surface area contributed by atoms with Gasteiger partial charge in [0.05, 0.1) is 13.2 Å². The summed E-state index contributed by atoms with van der Waals surface area (Å²) < 4.78 is 5.35. The largest absolute Gasteiger partial charge is 0.379 e. The molecule has 0 saturated carbocycles. The summed E-state index contributed by atoms with van der Waals surface area (Å²) in [6.45, 7) is 11.1. The van der Waals surface area contributed by atoms with Gasteiger partial charge in [0.2, 0.25) is 0 Å². The van der Waals surface area contributed by atoms with E-state index in [-0.39, 0.29) is 24.0 Å². The molecular weight excluding hydrogens is 379 g/mol. The molecule has 0 aromatic heterocycles. The van der Waals surface area contributed by atoms with E-state index in [2.05, 4.69) is 29.1 Å². The number of aliphatic imine (C=N–C) groups is 1. The molecule has 1 saturated heterocycles. The van der Waals surface area contributed by atoms with E-state index in [9.17, 15) is 0 Å². The Morgan fingerprint density at radius 1 is 1.29 bits per heavy atom. The van der Waals surface area contributed by atoms with Gasteiger partial charge < -0.3 is 15.8 Å². The average molecular weight is 412 g/mol. The average Bonchev–Trinajstić information content (AvgIpc) is 2.46. The molecule has 1 heterocycles. The van der Waals surface area contributed by atoms with Crippen molar-refractivity contribution in [2.45, 2.75) is 39.5 Å². The normalized spacial score (nSPS) is 18.1. The minimum Gasteiger partial charge on any atom is -0.379 e. The molecule has 0 radical (unpaired) electrons. The zero-order valence-corrected chi connectivity index (χ0v) is 16.0. The monoisotopic (exact) mass is 412 g/mol. The summed E-state index contributed by atoms with van der Waals surface area (Å²) in [5, 5.41) is 3.19. The van der Waals surface area contributed by atoms with Gasteiger partial charge in [-0.1, -0.05) is 33.1 Å². The number of ether oxygens (including phenoxy) is 1. The number of guanidine groups is 1. The second-order valence-electron chi connectivity index (χ2n) is 5.73. The van der Waals surface area contributed by atoms with E-state index in [0.717, 1.165) is 45.9 Å². The van der Waals surface area contributed by atoms with Gasteiger partial charge >= 0.3 is 0 Å². The lowest BCUT2D eigenvalue weighted by atomic mass is 10.1. The maximum absolute atomic E-state index is 5.88. The summed E-state index contributed by atoms with van der Waals surface area (Å²) in [6.07, 6.45) is 5.01. The molecule has 3 N–H and O–H groups in total. The van der Waals surface area contributed by atoms with Crippen molar-refractivity contribution in [3.05, 3.63) is 0 Å². The highest BCUT2D eigenvalue weighted by molar-refractivity contribution is 14.0. The second kappa shape index (κ2) is 13.6. The van der Waals surface area contributed by atoms with E-state index in [4.69, 9.17) is 10.5 Å². The summed E-state index contributed by atoms with van der Waals surface area (Å²) in [6, 6.07) is 0. The van der Waals surface area contributed by atoms with E-state index in [1.807, 2.05) is 0 Å². The third-order valence-corrected chi connectivity index (χ3v) is 3.58. The highest BCUT2D eigenvalue weighted by Crippen LogP contribution is 2.03. The van der Waals surface area contributed by atoms with E-state index in [1.54, 1.807) is 0 Å². The predicted octanol–water partition coefficient (Wildman–Crippen LogP) is 2.06. The van der Waals surface area contributed by atoms with Crippen molar-refractivity contribution in [2.75, 3.05) is 45.9 Å². The molecule has 1 aliphatic heterocycles. The molecule has 0 bridgehead atoms. The smallest absolute Gasteiger partial charge is 0.188 e. The van der Waals surface area contributed by atoms with Crippen molar-refractivity contribution in [2.24, 2.45) is 16.6 Å². The standard InChI is InChI=1S/C15H32N4O.HI/c1-3-4-5-6-7-17-15(16)18-12-14(2)13-19-8-10-20-11-9-19;/h14H,3-13H2,1-2H3,(H3,16,17,18);1H. The number of nitrogens with one attached hydrogen (secondary N) is 1. The van der Waals surface area contributed by atoms with Gasteiger partial charge in [-0.3, -0.25) is 9.89 Å². The predicted molar refractivity (Wildman–Crippen MR) is 100 cm³/mol. The van der Waals surface area contributed by atoms with Crippen LogP contribution >= 0.6 is 24.0 Å². The second-order valence-corrected chi connectivity index (χ2v) is 5.73. The Labute approximate surface area is 147 Å². The van der Waals surface area contributed by atoms with Gasteiger partial charge in [-0.05, 0) is 12.3 Å². The number of hydrogen-bond acceptors (Lipinski definition) is 3. The van der Waals surface area contributed by atoms with Gasteiger partial charge in [0, 0.05) is 32.7 Å². The van der Waals surface area contributed by atoms with Crippen LogP contribution in [0.4, 0.5) is 0 Å². The fourth-order valence-corrected chi connectivity index (χ4v) is 2.36. The first-order valence-electron chi connectivity index (χ1n) is 8.06. The Hall–Kier alpha value is -0.0800. The highest BCUT2D eigenvalue weighted by Gasteiger charge is 2.13. The van der Waals surface area contributed by atoms with Gasteiger partial charge in [-0.2, -0.15) is 0 Å². The van der Waals surface area contributed by atoms with E-state index in [1.165, 1.54) is 25.7 Å². The number of hydrogen-bond donors (Lipinski definition) is 2.